The molecule has 0 unspecified atom stereocenters. The van der Waals surface area contributed by atoms with E-state index >= 15 is 0 Å². The van der Waals surface area contributed by atoms with Gasteiger partial charge in [0.25, 0.3) is 0 Å². The van der Waals surface area contributed by atoms with Crippen LogP contribution in [-0.2, 0) is 0 Å². The fraction of sp³-hybridized carbons (Fsp3) is 0.143. The molecule has 0 N–H and O–H groups in total. The molecule has 12 heavy (non-hydrogen) atoms. The molecule has 2 aromatic heterocycles. The van der Waals surface area contributed by atoms with Crippen LogP contribution in [-0.4, -0.2) is 19.9 Å². The van der Waals surface area contributed by atoms with E-state index in [0.717, 1.165) is 5.69 Å². The minimum absolute atomic E-state index is 0.535. The Hall–Kier alpha value is -1.23. The molecule has 0 saturated heterocycles. The van der Waals surface area contributed by atoms with E-state index in [1.807, 2.05) is 6.92 Å². The standard InChI is InChI=1S/C7H6N4S/c1-4-2-8-7-6(10-4)9-3-5(12)11-7/h2-3H,1H3,(H,8,11,12). The van der Waals surface area contributed by atoms with Crippen LogP contribution in [0.3, 0.4) is 0 Å². The smallest absolute Gasteiger partial charge is 0.198 e. The van der Waals surface area contributed by atoms with E-state index < -0.39 is 0 Å². The maximum absolute atomic E-state index is 4.15. The molecule has 0 fully saturated rings. The fourth-order valence-electron chi connectivity index (χ4n) is 0.880. The highest BCUT2D eigenvalue weighted by molar-refractivity contribution is 7.80. The van der Waals surface area contributed by atoms with Gasteiger partial charge in [-0.25, -0.2) is 19.9 Å². The molecule has 60 valence electrons. The summed E-state index contributed by atoms with van der Waals surface area (Å²) in [5, 5.41) is 0.556. The van der Waals surface area contributed by atoms with Crippen molar-refractivity contribution in [1.29, 1.82) is 0 Å². The topological polar surface area (TPSA) is 51.6 Å². The molecular weight excluding hydrogens is 172 g/mol. The van der Waals surface area contributed by atoms with Gasteiger partial charge < -0.3 is 0 Å². The van der Waals surface area contributed by atoms with E-state index in [1.54, 1.807) is 12.4 Å². The van der Waals surface area contributed by atoms with Gasteiger partial charge >= 0.3 is 0 Å². The molecule has 0 bridgehead atoms. The highest BCUT2D eigenvalue weighted by Gasteiger charge is 1.98. The van der Waals surface area contributed by atoms with E-state index in [0.29, 0.717) is 16.3 Å². The van der Waals surface area contributed by atoms with Gasteiger partial charge in [0.05, 0.1) is 18.1 Å². The lowest BCUT2D eigenvalue weighted by atomic mass is 10.5. The zero-order valence-electron chi connectivity index (χ0n) is 6.39. The Morgan fingerprint density at radius 3 is 2.58 bits per heavy atom. The summed E-state index contributed by atoms with van der Waals surface area (Å²) in [6.45, 7) is 1.86. The molecule has 0 saturated carbocycles. The summed E-state index contributed by atoms with van der Waals surface area (Å²) >= 11 is 4.04. The molecule has 0 amide bonds. The number of hydrogen-bond acceptors (Lipinski definition) is 5. The average Bonchev–Trinajstić information content (AvgIpc) is 2.05. The van der Waals surface area contributed by atoms with Crippen LogP contribution in [0.4, 0.5) is 0 Å². The minimum atomic E-state index is 0.535. The van der Waals surface area contributed by atoms with E-state index in [2.05, 4.69) is 32.6 Å². The molecule has 0 radical (unpaired) electrons. The first kappa shape index (κ1) is 7.42. The number of aryl methyl sites for hydroxylation is 1. The third kappa shape index (κ3) is 1.23. The van der Waals surface area contributed by atoms with Gasteiger partial charge in [0.15, 0.2) is 11.3 Å². The summed E-state index contributed by atoms with van der Waals surface area (Å²) in [4.78, 5) is 16.3. The lowest BCUT2D eigenvalue weighted by Gasteiger charge is -1.95. The molecule has 0 aliphatic carbocycles. The molecule has 0 spiro atoms. The van der Waals surface area contributed by atoms with Crippen LogP contribution in [0.2, 0.25) is 0 Å². The zero-order chi connectivity index (χ0) is 8.55. The lowest BCUT2D eigenvalue weighted by molar-refractivity contribution is 1.04. The van der Waals surface area contributed by atoms with Gasteiger partial charge in [-0.05, 0) is 6.92 Å². The van der Waals surface area contributed by atoms with Crippen molar-refractivity contribution in [2.75, 3.05) is 0 Å². The summed E-state index contributed by atoms with van der Waals surface area (Å²) in [6, 6.07) is 0. The Morgan fingerprint density at radius 2 is 1.75 bits per heavy atom. The van der Waals surface area contributed by atoms with Crippen molar-refractivity contribution < 1.29 is 0 Å². The van der Waals surface area contributed by atoms with Crippen molar-refractivity contribution in [3.8, 4) is 0 Å². The third-order valence-corrected chi connectivity index (χ3v) is 1.59. The Bertz CT molecular complexity index is 387. The van der Waals surface area contributed by atoms with Crippen LogP contribution >= 0.6 is 12.6 Å². The molecule has 2 rings (SSSR count). The summed E-state index contributed by atoms with van der Waals surface area (Å²) in [6.07, 6.45) is 3.21. The van der Waals surface area contributed by atoms with Gasteiger partial charge in [0, 0.05) is 0 Å². The van der Waals surface area contributed by atoms with Gasteiger partial charge in [0.2, 0.25) is 0 Å². The van der Waals surface area contributed by atoms with E-state index in [4.69, 9.17) is 0 Å². The number of rotatable bonds is 0. The second-order valence-electron chi connectivity index (χ2n) is 2.39. The van der Waals surface area contributed by atoms with Crippen LogP contribution in [0.1, 0.15) is 5.69 Å². The second kappa shape index (κ2) is 2.67. The van der Waals surface area contributed by atoms with Crippen LogP contribution < -0.4 is 0 Å². The van der Waals surface area contributed by atoms with Crippen molar-refractivity contribution in [2.24, 2.45) is 0 Å². The van der Waals surface area contributed by atoms with Crippen LogP contribution in [0.15, 0.2) is 17.4 Å². The number of aromatic nitrogens is 4. The largest absolute Gasteiger partial charge is 0.232 e. The van der Waals surface area contributed by atoms with Gasteiger partial charge in [-0.1, -0.05) is 0 Å². The maximum atomic E-state index is 4.15. The first-order valence-electron chi connectivity index (χ1n) is 3.41. The zero-order valence-corrected chi connectivity index (χ0v) is 7.29. The van der Waals surface area contributed by atoms with Crippen molar-refractivity contribution in [1.82, 2.24) is 19.9 Å². The van der Waals surface area contributed by atoms with E-state index in [9.17, 15) is 0 Å². The quantitative estimate of drug-likeness (QED) is 0.612. The van der Waals surface area contributed by atoms with Gasteiger partial charge in [0.1, 0.15) is 5.03 Å². The third-order valence-electron chi connectivity index (χ3n) is 1.38. The van der Waals surface area contributed by atoms with Crippen molar-refractivity contribution >= 4 is 23.9 Å². The molecule has 0 aromatic carbocycles. The fourth-order valence-corrected chi connectivity index (χ4v) is 1.03. The van der Waals surface area contributed by atoms with E-state index in [1.165, 1.54) is 0 Å². The summed E-state index contributed by atoms with van der Waals surface area (Å²) in [5.74, 6) is 0. The highest BCUT2D eigenvalue weighted by Crippen LogP contribution is 2.06. The summed E-state index contributed by atoms with van der Waals surface area (Å²) < 4.78 is 0. The van der Waals surface area contributed by atoms with Gasteiger partial charge in [-0.2, -0.15) is 0 Å². The maximum Gasteiger partial charge on any atom is 0.198 e. The normalized spacial score (nSPS) is 10.5. The Balaban J connectivity index is 2.79. The van der Waals surface area contributed by atoms with Crippen LogP contribution in [0.25, 0.3) is 11.3 Å². The molecule has 2 heterocycles. The molecule has 2 aromatic rings. The number of fused-ring (bicyclic) bond motifs is 1. The monoisotopic (exact) mass is 178 g/mol. The average molecular weight is 178 g/mol. The Morgan fingerprint density at radius 1 is 1.08 bits per heavy atom. The second-order valence-corrected chi connectivity index (χ2v) is 2.84. The number of nitrogens with zero attached hydrogens (tertiary/aromatic N) is 4. The SMILES string of the molecule is Cc1cnc2nc(S)cnc2n1. The first-order valence-corrected chi connectivity index (χ1v) is 3.86. The van der Waals surface area contributed by atoms with Crippen LogP contribution in [0, 0.1) is 6.92 Å². The van der Waals surface area contributed by atoms with Crippen molar-refractivity contribution in [3.05, 3.63) is 18.1 Å². The van der Waals surface area contributed by atoms with E-state index in [-0.39, 0.29) is 0 Å². The molecule has 0 atom stereocenters. The lowest BCUT2D eigenvalue weighted by Crippen LogP contribution is -1.92. The van der Waals surface area contributed by atoms with Crippen LogP contribution in [0.5, 0.6) is 0 Å². The predicted molar refractivity (Wildman–Crippen MR) is 47.1 cm³/mol. The van der Waals surface area contributed by atoms with Crippen molar-refractivity contribution in [2.45, 2.75) is 11.9 Å². The molecule has 4 nitrogen and oxygen atoms in total. The Kier molecular flexibility index (Phi) is 1.65. The first-order chi connectivity index (χ1) is 5.75. The molecular formula is C7H6N4S. The number of hydrogen-bond donors (Lipinski definition) is 1. The minimum Gasteiger partial charge on any atom is -0.232 e. The summed E-state index contributed by atoms with van der Waals surface area (Å²) in [5.41, 5.74) is 1.93. The number of thiol groups is 1. The molecule has 0 aliphatic heterocycles. The Labute approximate surface area is 74.5 Å². The van der Waals surface area contributed by atoms with Crippen molar-refractivity contribution in [3.63, 3.8) is 0 Å². The highest BCUT2D eigenvalue weighted by atomic mass is 32.1. The van der Waals surface area contributed by atoms with Gasteiger partial charge in [-0.15, -0.1) is 12.6 Å². The molecule has 0 aliphatic rings. The predicted octanol–water partition coefficient (Wildman–Crippen LogP) is 1.02. The molecule has 5 heteroatoms. The summed E-state index contributed by atoms with van der Waals surface area (Å²) in [7, 11) is 0. The van der Waals surface area contributed by atoms with Gasteiger partial charge in [-0.3, -0.25) is 0 Å².